The van der Waals surface area contributed by atoms with E-state index in [1.165, 1.54) is 18.2 Å². The summed E-state index contributed by atoms with van der Waals surface area (Å²) in [5.74, 6) is 0.213. The standard InChI is InChI=1S/C12H14ClFO/c1-12(15,7-8-2-3-8)10-6-9(14)4-5-11(10)13/h4-6,8,15H,2-3,7H2,1H3. The molecule has 1 aliphatic rings. The largest absolute Gasteiger partial charge is 0.385 e. The van der Waals surface area contributed by atoms with E-state index in [-0.39, 0.29) is 5.82 Å². The van der Waals surface area contributed by atoms with Gasteiger partial charge >= 0.3 is 0 Å². The topological polar surface area (TPSA) is 20.2 Å². The quantitative estimate of drug-likeness (QED) is 0.840. The van der Waals surface area contributed by atoms with Crippen LogP contribution in [0.15, 0.2) is 18.2 Å². The zero-order valence-corrected chi connectivity index (χ0v) is 9.39. The van der Waals surface area contributed by atoms with Crippen molar-refractivity contribution >= 4 is 11.6 Å². The predicted octanol–water partition coefficient (Wildman–Crippen LogP) is 3.49. The van der Waals surface area contributed by atoms with Crippen molar-refractivity contribution in [2.75, 3.05) is 0 Å². The second kappa shape index (κ2) is 3.76. The molecule has 0 saturated heterocycles. The van der Waals surface area contributed by atoms with Gasteiger partial charge in [-0.25, -0.2) is 4.39 Å². The van der Waals surface area contributed by atoms with Gasteiger partial charge in [0.25, 0.3) is 0 Å². The molecular weight excluding hydrogens is 215 g/mol. The van der Waals surface area contributed by atoms with E-state index >= 15 is 0 Å². The zero-order valence-electron chi connectivity index (χ0n) is 8.63. The van der Waals surface area contributed by atoms with Crippen LogP contribution in [-0.2, 0) is 5.60 Å². The van der Waals surface area contributed by atoms with Crippen LogP contribution in [0.2, 0.25) is 5.02 Å². The first-order chi connectivity index (χ1) is 6.99. The summed E-state index contributed by atoms with van der Waals surface area (Å²) in [4.78, 5) is 0. The van der Waals surface area contributed by atoms with Crippen LogP contribution in [0, 0.1) is 11.7 Å². The van der Waals surface area contributed by atoms with Crippen molar-refractivity contribution in [3.8, 4) is 0 Å². The van der Waals surface area contributed by atoms with Crippen molar-refractivity contribution in [1.29, 1.82) is 0 Å². The second-order valence-corrected chi connectivity index (χ2v) is 4.95. The summed E-state index contributed by atoms with van der Waals surface area (Å²) in [6.07, 6.45) is 2.97. The Morgan fingerprint density at radius 2 is 2.20 bits per heavy atom. The van der Waals surface area contributed by atoms with Crippen LogP contribution < -0.4 is 0 Å². The van der Waals surface area contributed by atoms with Gasteiger partial charge in [-0.1, -0.05) is 24.4 Å². The molecule has 1 aromatic carbocycles. The first-order valence-electron chi connectivity index (χ1n) is 5.17. The minimum Gasteiger partial charge on any atom is -0.385 e. The number of benzene rings is 1. The highest BCUT2D eigenvalue weighted by molar-refractivity contribution is 6.31. The van der Waals surface area contributed by atoms with Crippen LogP contribution in [0.25, 0.3) is 0 Å². The Balaban J connectivity index is 2.28. The maximum atomic E-state index is 13.1. The molecule has 0 radical (unpaired) electrons. The van der Waals surface area contributed by atoms with Crippen molar-refractivity contribution in [3.05, 3.63) is 34.6 Å². The average Bonchev–Trinajstić information content (AvgIpc) is 2.92. The molecule has 1 aliphatic carbocycles. The molecule has 0 spiro atoms. The molecule has 0 amide bonds. The Labute approximate surface area is 93.9 Å². The summed E-state index contributed by atoms with van der Waals surface area (Å²) < 4.78 is 13.1. The number of aliphatic hydroxyl groups is 1. The maximum absolute atomic E-state index is 13.1. The summed E-state index contributed by atoms with van der Waals surface area (Å²) >= 11 is 5.96. The molecule has 0 bridgehead atoms. The molecule has 1 saturated carbocycles. The lowest BCUT2D eigenvalue weighted by Crippen LogP contribution is -2.22. The van der Waals surface area contributed by atoms with Crippen molar-refractivity contribution in [2.45, 2.75) is 31.8 Å². The van der Waals surface area contributed by atoms with Gasteiger partial charge in [0.15, 0.2) is 0 Å². The fourth-order valence-electron chi connectivity index (χ4n) is 1.90. The molecule has 1 nitrogen and oxygen atoms in total. The lowest BCUT2D eigenvalue weighted by Gasteiger charge is -2.24. The molecule has 1 N–H and O–H groups in total. The molecule has 2 rings (SSSR count). The Kier molecular flexibility index (Phi) is 2.73. The van der Waals surface area contributed by atoms with Crippen LogP contribution in [0.5, 0.6) is 0 Å². The van der Waals surface area contributed by atoms with E-state index in [9.17, 15) is 9.50 Å². The highest BCUT2D eigenvalue weighted by Crippen LogP contribution is 2.42. The Hall–Kier alpha value is -0.600. The lowest BCUT2D eigenvalue weighted by atomic mass is 9.90. The van der Waals surface area contributed by atoms with Gasteiger partial charge in [0, 0.05) is 10.6 Å². The van der Waals surface area contributed by atoms with Gasteiger partial charge in [-0.15, -0.1) is 0 Å². The minimum atomic E-state index is -1.01. The molecule has 1 aromatic rings. The van der Waals surface area contributed by atoms with Gasteiger partial charge in [0.1, 0.15) is 5.82 Å². The zero-order chi connectivity index (χ0) is 11.1. The predicted molar refractivity (Wildman–Crippen MR) is 58.3 cm³/mol. The van der Waals surface area contributed by atoms with E-state index < -0.39 is 5.60 Å². The van der Waals surface area contributed by atoms with Gasteiger partial charge in [-0.3, -0.25) is 0 Å². The van der Waals surface area contributed by atoms with E-state index in [4.69, 9.17) is 11.6 Å². The highest BCUT2D eigenvalue weighted by Gasteiger charge is 2.34. The maximum Gasteiger partial charge on any atom is 0.123 e. The molecule has 1 atom stereocenters. The number of hydrogen-bond acceptors (Lipinski definition) is 1. The Morgan fingerprint density at radius 1 is 1.53 bits per heavy atom. The van der Waals surface area contributed by atoms with Crippen molar-refractivity contribution in [3.63, 3.8) is 0 Å². The summed E-state index contributed by atoms with van der Waals surface area (Å²) in [5.41, 5.74) is -0.517. The van der Waals surface area contributed by atoms with Gasteiger partial charge in [0.05, 0.1) is 5.60 Å². The molecule has 3 heteroatoms. The summed E-state index contributed by atoms with van der Waals surface area (Å²) in [6.45, 7) is 1.70. The summed E-state index contributed by atoms with van der Waals surface area (Å²) in [5, 5.41) is 10.7. The minimum absolute atomic E-state index is 0.356. The monoisotopic (exact) mass is 228 g/mol. The summed E-state index contributed by atoms with van der Waals surface area (Å²) in [6, 6.07) is 4.12. The van der Waals surface area contributed by atoms with E-state index in [1.807, 2.05) is 0 Å². The average molecular weight is 229 g/mol. The highest BCUT2D eigenvalue weighted by atomic mass is 35.5. The molecule has 0 heterocycles. The third-order valence-electron chi connectivity index (χ3n) is 2.89. The van der Waals surface area contributed by atoms with Gasteiger partial charge in [0.2, 0.25) is 0 Å². The van der Waals surface area contributed by atoms with Crippen LogP contribution >= 0.6 is 11.6 Å². The first-order valence-corrected chi connectivity index (χ1v) is 5.55. The smallest absolute Gasteiger partial charge is 0.123 e. The molecule has 1 unspecified atom stereocenters. The molecule has 15 heavy (non-hydrogen) atoms. The van der Waals surface area contributed by atoms with Crippen LogP contribution in [0.4, 0.5) is 4.39 Å². The lowest BCUT2D eigenvalue weighted by molar-refractivity contribution is 0.0415. The Bertz CT molecular complexity index is 372. The fourth-order valence-corrected chi connectivity index (χ4v) is 2.23. The third-order valence-corrected chi connectivity index (χ3v) is 3.22. The fraction of sp³-hybridized carbons (Fsp3) is 0.500. The second-order valence-electron chi connectivity index (χ2n) is 4.55. The van der Waals surface area contributed by atoms with Gasteiger partial charge in [-0.05, 0) is 37.5 Å². The van der Waals surface area contributed by atoms with Crippen molar-refractivity contribution in [1.82, 2.24) is 0 Å². The molecule has 82 valence electrons. The molecule has 0 aliphatic heterocycles. The van der Waals surface area contributed by atoms with Crippen LogP contribution in [0.3, 0.4) is 0 Å². The SMILES string of the molecule is CC(O)(CC1CC1)c1cc(F)ccc1Cl. The third kappa shape index (κ3) is 2.50. The number of rotatable bonds is 3. The molecular formula is C12H14ClFO. The van der Waals surface area contributed by atoms with E-state index in [2.05, 4.69) is 0 Å². The number of hydrogen-bond donors (Lipinski definition) is 1. The number of halogens is 2. The van der Waals surface area contributed by atoms with E-state index in [0.29, 0.717) is 22.9 Å². The summed E-state index contributed by atoms with van der Waals surface area (Å²) in [7, 11) is 0. The first kappa shape index (κ1) is 10.9. The van der Waals surface area contributed by atoms with Gasteiger partial charge < -0.3 is 5.11 Å². The van der Waals surface area contributed by atoms with E-state index in [1.54, 1.807) is 6.92 Å². The molecule has 1 fully saturated rings. The van der Waals surface area contributed by atoms with Crippen molar-refractivity contribution < 1.29 is 9.50 Å². The van der Waals surface area contributed by atoms with E-state index in [0.717, 1.165) is 12.8 Å². The van der Waals surface area contributed by atoms with Gasteiger partial charge in [-0.2, -0.15) is 0 Å². The molecule has 0 aromatic heterocycles. The van der Waals surface area contributed by atoms with Crippen LogP contribution in [0.1, 0.15) is 31.7 Å². The normalized spacial score (nSPS) is 20.0. The van der Waals surface area contributed by atoms with Crippen molar-refractivity contribution in [2.24, 2.45) is 5.92 Å². The Morgan fingerprint density at radius 3 is 2.80 bits per heavy atom. The van der Waals surface area contributed by atoms with Crippen LogP contribution in [-0.4, -0.2) is 5.11 Å².